The van der Waals surface area contributed by atoms with Crippen molar-refractivity contribution in [2.24, 2.45) is 0 Å². The highest BCUT2D eigenvalue weighted by atomic mass is 32.1. The fraction of sp³-hybridized carbons (Fsp3) is 0.0870. The second-order valence-electron chi connectivity index (χ2n) is 7.07. The number of pyridine rings is 1. The molecular weight excluding hydrogens is 428 g/mol. The number of nitrogens with one attached hydrogen (secondary N) is 1. The molecule has 2 aromatic carbocycles. The Bertz CT molecular complexity index is 1440. The maximum Gasteiger partial charge on any atom is 0.269 e. The van der Waals surface area contributed by atoms with Gasteiger partial charge >= 0.3 is 0 Å². The van der Waals surface area contributed by atoms with E-state index in [9.17, 15) is 4.79 Å². The number of hydrogen-bond donors (Lipinski definition) is 2. The lowest BCUT2D eigenvalue weighted by molar-refractivity contribution is 0.103. The summed E-state index contributed by atoms with van der Waals surface area (Å²) in [5.74, 6) is 0.460. The van der Waals surface area contributed by atoms with E-state index in [0.717, 1.165) is 37.4 Å². The Hall–Kier alpha value is -3.49. The molecule has 5 aromatic rings. The lowest BCUT2D eigenvalue weighted by Crippen LogP contribution is -2.11. The molecule has 154 valence electrons. The molecule has 0 saturated heterocycles. The zero-order valence-corrected chi connectivity index (χ0v) is 18.4. The van der Waals surface area contributed by atoms with Gasteiger partial charge in [0.1, 0.15) is 15.5 Å². The van der Waals surface area contributed by atoms with Crippen LogP contribution in [0.3, 0.4) is 0 Å². The summed E-state index contributed by atoms with van der Waals surface area (Å²) in [6, 6.07) is 17.6. The van der Waals surface area contributed by atoms with Crippen molar-refractivity contribution in [1.82, 2.24) is 9.97 Å². The fourth-order valence-corrected chi connectivity index (χ4v) is 5.17. The van der Waals surface area contributed by atoms with Gasteiger partial charge in [-0.15, -0.1) is 11.3 Å². The van der Waals surface area contributed by atoms with Gasteiger partial charge in [-0.3, -0.25) is 10.1 Å². The van der Waals surface area contributed by atoms with Crippen molar-refractivity contribution in [2.75, 3.05) is 18.2 Å². The second kappa shape index (κ2) is 7.64. The monoisotopic (exact) mass is 446 g/mol. The molecule has 0 saturated carbocycles. The molecule has 31 heavy (non-hydrogen) atoms. The zero-order valence-electron chi connectivity index (χ0n) is 16.8. The number of anilines is 2. The summed E-state index contributed by atoms with van der Waals surface area (Å²) in [5.41, 5.74) is 10.6. The Labute approximate surface area is 186 Å². The highest BCUT2D eigenvalue weighted by Gasteiger charge is 2.19. The molecule has 3 aromatic heterocycles. The van der Waals surface area contributed by atoms with Crippen molar-refractivity contribution >= 4 is 59.8 Å². The minimum absolute atomic E-state index is 0.289. The summed E-state index contributed by atoms with van der Waals surface area (Å²) < 4.78 is 6.18. The van der Waals surface area contributed by atoms with Crippen molar-refractivity contribution in [1.29, 1.82) is 0 Å². The van der Waals surface area contributed by atoms with E-state index in [1.54, 1.807) is 7.11 Å². The van der Waals surface area contributed by atoms with Crippen molar-refractivity contribution in [3.05, 3.63) is 65.0 Å². The summed E-state index contributed by atoms with van der Waals surface area (Å²) in [5, 5.41) is 4.16. The molecule has 0 bridgehead atoms. The van der Waals surface area contributed by atoms with Crippen LogP contribution < -0.4 is 15.8 Å². The molecule has 0 spiro atoms. The van der Waals surface area contributed by atoms with E-state index in [-0.39, 0.29) is 5.91 Å². The van der Waals surface area contributed by atoms with E-state index in [1.165, 1.54) is 28.2 Å². The first-order valence-electron chi connectivity index (χ1n) is 9.54. The largest absolute Gasteiger partial charge is 0.497 e. The molecule has 5 rings (SSSR count). The third-order valence-electron chi connectivity index (χ3n) is 4.96. The van der Waals surface area contributed by atoms with Crippen LogP contribution in [0.5, 0.6) is 5.75 Å². The number of thiazole rings is 1. The van der Waals surface area contributed by atoms with E-state index in [1.807, 2.05) is 49.4 Å². The molecule has 3 heterocycles. The molecule has 0 aliphatic rings. The van der Waals surface area contributed by atoms with Crippen LogP contribution in [-0.4, -0.2) is 23.0 Å². The summed E-state index contributed by atoms with van der Waals surface area (Å²) >= 11 is 2.67. The Morgan fingerprint density at radius 2 is 1.84 bits per heavy atom. The summed E-state index contributed by atoms with van der Waals surface area (Å²) in [7, 11) is 1.62. The number of carbonyl (C=O) groups is 1. The van der Waals surface area contributed by atoms with Gasteiger partial charge in [-0.1, -0.05) is 41.2 Å². The van der Waals surface area contributed by atoms with Crippen LogP contribution in [0.4, 0.5) is 10.8 Å². The number of fused-ring (bicyclic) bond motifs is 2. The lowest BCUT2D eigenvalue weighted by atomic mass is 10.1. The third kappa shape index (κ3) is 3.60. The number of rotatable bonds is 4. The number of ether oxygens (including phenoxy) is 1. The number of nitrogens with zero attached hydrogens (tertiary/aromatic N) is 2. The number of aryl methyl sites for hydroxylation is 1. The molecule has 6 nitrogen and oxygen atoms in total. The molecule has 0 aliphatic heterocycles. The highest BCUT2D eigenvalue weighted by Crippen LogP contribution is 2.35. The number of amides is 1. The molecular formula is C23H18N4O2S2. The molecule has 0 atom stereocenters. The summed E-state index contributed by atoms with van der Waals surface area (Å²) in [6.45, 7) is 2.05. The van der Waals surface area contributed by atoms with Gasteiger partial charge in [0.2, 0.25) is 0 Å². The van der Waals surface area contributed by atoms with Crippen molar-refractivity contribution in [3.8, 4) is 17.0 Å². The van der Waals surface area contributed by atoms with Crippen LogP contribution in [0.25, 0.3) is 31.7 Å². The zero-order chi connectivity index (χ0) is 21.5. The average Bonchev–Trinajstić information content (AvgIpc) is 3.33. The minimum atomic E-state index is -0.289. The van der Waals surface area contributed by atoms with Crippen LogP contribution in [0.2, 0.25) is 0 Å². The number of methoxy groups -OCH3 is 1. The van der Waals surface area contributed by atoms with Gasteiger partial charge in [-0.05, 0) is 37.3 Å². The van der Waals surface area contributed by atoms with Crippen LogP contribution in [0.15, 0.2) is 54.6 Å². The fourth-order valence-electron chi connectivity index (χ4n) is 3.29. The molecule has 0 aliphatic carbocycles. The second-order valence-corrected chi connectivity index (χ2v) is 9.10. The van der Waals surface area contributed by atoms with Gasteiger partial charge in [-0.2, -0.15) is 0 Å². The SMILES string of the molecule is COc1ccc2nc(NC(=O)c3sc4nc(-c5ccc(C)cc5)ccc4c3N)sc2c1. The number of nitrogens with two attached hydrogens (primary N) is 1. The molecule has 3 N–H and O–H groups in total. The molecule has 0 fully saturated rings. The van der Waals surface area contributed by atoms with Crippen molar-refractivity contribution < 1.29 is 9.53 Å². The van der Waals surface area contributed by atoms with Gasteiger partial charge in [-0.25, -0.2) is 9.97 Å². The van der Waals surface area contributed by atoms with E-state index < -0.39 is 0 Å². The predicted octanol–water partition coefficient (Wildman–Crippen LogP) is 5.72. The van der Waals surface area contributed by atoms with Gasteiger partial charge < -0.3 is 10.5 Å². The number of benzene rings is 2. The maximum absolute atomic E-state index is 12.9. The summed E-state index contributed by atoms with van der Waals surface area (Å²) in [4.78, 5) is 23.3. The Kier molecular flexibility index (Phi) is 4.80. The highest BCUT2D eigenvalue weighted by molar-refractivity contribution is 7.23. The van der Waals surface area contributed by atoms with E-state index in [4.69, 9.17) is 15.5 Å². The van der Waals surface area contributed by atoms with E-state index in [2.05, 4.69) is 22.4 Å². The van der Waals surface area contributed by atoms with Crippen LogP contribution in [0, 0.1) is 6.92 Å². The molecule has 8 heteroatoms. The Morgan fingerprint density at radius 3 is 2.61 bits per heavy atom. The number of nitrogen functional groups attached to an aromatic ring is 1. The molecule has 1 amide bonds. The average molecular weight is 447 g/mol. The number of thiophene rings is 1. The standard InChI is InChI=1S/C23H18N4O2S2/c1-12-3-5-13(6-4-12)16-10-8-15-19(24)20(31-22(15)25-16)21(28)27-23-26-17-9-7-14(29-2)11-18(17)30-23/h3-11H,24H2,1-2H3,(H,26,27,28). The topological polar surface area (TPSA) is 90.1 Å². The van der Waals surface area contributed by atoms with E-state index in [0.29, 0.717) is 15.7 Å². The number of aromatic nitrogens is 2. The van der Waals surface area contributed by atoms with Gasteiger partial charge in [0.25, 0.3) is 5.91 Å². The molecule has 0 radical (unpaired) electrons. The smallest absolute Gasteiger partial charge is 0.269 e. The summed E-state index contributed by atoms with van der Waals surface area (Å²) in [6.07, 6.45) is 0. The van der Waals surface area contributed by atoms with Gasteiger partial charge in [0.05, 0.1) is 28.7 Å². The quantitative estimate of drug-likeness (QED) is 0.368. The minimum Gasteiger partial charge on any atom is -0.497 e. The predicted molar refractivity (Wildman–Crippen MR) is 128 cm³/mol. The van der Waals surface area contributed by atoms with Gasteiger partial charge in [0.15, 0.2) is 5.13 Å². The Morgan fingerprint density at radius 1 is 1.03 bits per heavy atom. The number of hydrogen-bond acceptors (Lipinski definition) is 7. The van der Waals surface area contributed by atoms with Crippen molar-refractivity contribution in [3.63, 3.8) is 0 Å². The third-order valence-corrected chi connectivity index (χ3v) is 7.01. The van der Waals surface area contributed by atoms with Crippen molar-refractivity contribution in [2.45, 2.75) is 6.92 Å². The van der Waals surface area contributed by atoms with E-state index >= 15 is 0 Å². The first-order chi connectivity index (χ1) is 15.0. The van der Waals surface area contributed by atoms with Gasteiger partial charge in [0, 0.05) is 10.9 Å². The first kappa shape index (κ1) is 19.5. The number of carbonyl (C=O) groups excluding carboxylic acids is 1. The Balaban J connectivity index is 1.45. The lowest BCUT2D eigenvalue weighted by Gasteiger charge is -2.01. The normalized spacial score (nSPS) is 11.2. The van der Waals surface area contributed by atoms with Crippen LogP contribution in [0.1, 0.15) is 15.2 Å². The maximum atomic E-state index is 12.9. The molecule has 0 unspecified atom stereocenters. The first-order valence-corrected chi connectivity index (χ1v) is 11.2. The van der Waals surface area contributed by atoms with Crippen LogP contribution in [-0.2, 0) is 0 Å². The van der Waals surface area contributed by atoms with Crippen LogP contribution >= 0.6 is 22.7 Å².